The standard InChI is InChI=1S/C38H40F3N5O5/c1-45(17-19-51-20-18-47)37(50)29-9-6-8-27(22-29)36(49)44-33-12-11-31(46-15-3-2-4-16-46)24-32(33)34-23-28(13-14-42-34)35(48)43-25-26-7-5-10-30(21-26)38(39,40)41/h5-14,21-24,47H,2-4,15-20,25H2,1H3,(H,43,48)(H,44,49). The van der Waals surface area contributed by atoms with E-state index >= 15 is 0 Å². The highest BCUT2D eigenvalue weighted by Crippen LogP contribution is 2.33. The molecular weight excluding hydrogens is 663 g/mol. The normalized spacial score (nSPS) is 13.1. The molecule has 3 N–H and O–H groups in total. The number of aromatic nitrogens is 1. The van der Waals surface area contributed by atoms with Gasteiger partial charge in [-0.05, 0) is 85.5 Å². The van der Waals surface area contributed by atoms with Crippen LogP contribution >= 0.6 is 0 Å². The minimum atomic E-state index is -4.50. The van der Waals surface area contributed by atoms with Gasteiger partial charge in [-0.15, -0.1) is 0 Å². The van der Waals surface area contributed by atoms with Crippen LogP contribution in [0.4, 0.5) is 24.5 Å². The molecule has 1 aromatic heterocycles. The molecule has 3 aromatic carbocycles. The Morgan fingerprint density at radius 2 is 1.63 bits per heavy atom. The minimum absolute atomic E-state index is 0.110. The number of nitrogens with zero attached hydrogens (tertiary/aromatic N) is 3. The van der Waals surface area contributed by atoms with Crippen molar-refractivity contribution in [3.63, 3.8) is 0 Å². The van der Waals surface area contributed by atoms with E-state index in [4.69, 9.17) is 9.84 Å². The van der Waals surface area contributed by atoms with E-state index in [0.717, 1.165) is 50.2 Å². The van der Waals surface area contributed by atoms with Gasteiger partial charge in [0.2, 0.25) is 0 Å². The Balaban J connectivity index is 1.37. The maximum atomic E-state index is 13.6. The van der Waals surface area contributed by atoms with E-state index in [2.05, 4.69) is 20.5 Å². The fourth-order valence-corrected chi connectivity index (χ4v) is 5.74. The number of nitrogens with one attached hydrogen (secondary N) is 2. The van der Waals surface area contributed by atoms with E-state index in [1.807, 2.05) is 12.1 Å². The van der Waals surface area contributed by atoms with Crippen molar-refractivity contribution in [2.75, 3.05) is 56.7 Å². The largest absolute Gasteiger partial charge is 0.416 e. The van der Waals surface area contributed by atoms with Crippen LogP contribution in [0.2, 0.25) is 0 Å². The Morgan fingerprint density at radius 3 is 2.39 bits per heavy atom. The number of aliphatic hydroxyl groups excluding tert-OH is 1. The zero-order valence-electron chi connectivity index (χ0n) is 28.2. The Bertz CT molecular complexity index is 1840. The summed E-state index contributed by atoms with van der Waals surface area (Å²) in [5, 5.41) is 14.5. The second-order valence-electron chi connectivity index (χ2n) is 12.2. The second kappa shape index (κ2) is 17.1. The van der Waals surface area contributed by atoms with Gasteiger partial charge < -0.3 is 30.3 Å². The van der Waals surface area contributed by atoms with Gasteiger partial charge in [0.1, 0.15) is 0 Å². The van der Waals surface area contributed by atoms with Crippen LogP contribution in [0, 0.1) is 0 Å². The molecule has 0 spiro atoms. The summed E-state index contributed by atoms with van der Waals surface area (Å²) in [6.07, 6.45) is 0.213. The lowest BCUT2D eigenvalue weighted by Gasteiger charge is -2.29. The number of alkyl halides is 3. The van der Waals surface area contributed by atoms with Crippen molar-refractivity contribution in [1.82, 2.24) is 15.2 Å². The zero-order valence-corrected chi connectivity index (χ0v) is 28.2. The summed E-state index contributed by atoms with van der Waals surface area (Å²) in [5.74, 6) is -1.25. The van der Waals surface area contributed by atoms with Gasteiger partial charge in [-0.2, -0.15) is 13.2 Å². The first-order valence-electron chi connectivity index (χ1n) is 16.7. The number of anilines is 2. The molecule has 0 bridgehead atoms. The van der Waals surface area contributed by atoms with Crippen LogP contribution in [0.25, 0.3) is 11.3 Å². The maximum Gasteiger partial charge on any atom is 0.416 e. The van der Waals surface area contributed by atoms with Crippen molar-refractivity contribution in [3.05, 3.63) is 113 Å². The van der Waals surface area contributed by atoms with Gasteiger partial charge in [-0.25, -0.2) is 0 Å². The fraction of sp³-hybridized carbons (Fsp3) is 0.316. The van der Waals surface area contributed by atoms with Crippen molar-refractivity contribution >= 4 is 29.1 Å². The molecule has 2 heterocycles. The number of amides is 3. The minimum Gasteiger partial charge on any atom is -0.394 e. The van der Waals surface area contributed by atoms with Crippen molar-refractivity contribution in [3.8, 4) is 11.3 Å². The first-order valence-corrected chi connectivity index (χ1v) is 16.7. The number of piperidine rings is 1. The third-order valence-electron chi connectivity index (χ3n) is 8.50. The molecule has 0 saturated carbocycles. The van der Waals surface area contributed by atoms with Crippen LogP contribution in [0.1, 0.15) is 61.5 Å². The summed E-state index contributed by atoms with van der Waals surface area (Å²) in [6, 6.07) is 19.9. The smallest absolute Gasteiger partial charge is 0.394 e. The summed E-state index contributed by atoms with van der Waals surface area (Å²) < 4.78 is 44.8. The lowest BCUT2D eigenvalue weighted by Crippen LogP contribution is -2.30. The molecule has 0 radical (unpaired) electrons. The lowest BCUT2D eigenvalue weighted by molar-refractivity contribution is -0.137. The molecule has 1 fully saturated rings. The molecule has 4 aromatic rings. The molecule has 0 unspecified atom stereocenters. The number of ether oxygens (including phenoxy) is 1. The van der Waals surface area contributed by atoms with Crippen LogP contribution in [-0.2, 0) is 17.5 Å². The number of aliphatic hydroxyl groups is 1. The highest BCUT2D eigenvalue weighted by molar-refractivity contribution is 6.08. The van der Waals surface area contributed by atoms with Crippen LogP contribution in [0.15, 0.2) is 85.1 Å². The molecule has 1 aliphatic heterocycles. The topological polar surface area (TPSA) is 124 Å². The Hall–Kier alpha value is -5.27. The van der Waals surface area contributed by atoms with Crippen LogP contribution in [0.5, 0.6) is 0 Å². The predicted octanol–water partition coefficient (Wildman–Crippen LogP) is 6.02. The van der Waals surface area contributed by atoms with Crippen molar-refractivity contribution in [2.24, 2.45) is 0 Å². The van der Waals surface area contributed by atoms with Gasteiger partial charge in [0.25, 0.3) is 17.7 Å². The first kappa shape index (κ1) is 37.0. The van der Waals surface area contributed by atoms with E-state index in [9.17, 15) is 27.6 Å². The molecule has 0 aliphatic carbocycles. The van der Waals surface area contributed by atoms with Gasteiger partial charge in [0, 0.05) is 67.4 Å². The van der Waals surface area contributed by atoms with Crippen molar-refractivity contribution < 1.29 is 37.4 Å². The van der Waals surface area contributed by atoms with Crippen molar-refractivity contribution in [2.45, 2.75) is 32.0 Å². The molecule has 5 rings (SSSR count). The Kier molecular flexibility index (Phi) is 12.4. The number of hydrogen-bond donors (Lipinski definition) is 3. The zero-order chi connectivity index (χ0) is 36.4. The summed E-state index contributed by atoms with van der Waals surface area (Å²) in [6.45, 7) is 2.26. The van der Waals surface area contributed by atoms with Crippen molar-refractivity contribution in [1.29, 1.82) is 0 Å². The van der Waals surface area contributed by atoms with E-state index < -0.39 is 23.6 Å². The summed E-state index contributed by atoms with van der Waals surface area (Å²) in [5.41, 5.74) is 2.66. The number of carbonyl (C=O) groups is 3. The molecule has 0 atom stereocenters. The number of pyridine rings is 1. The summed E-state index contributed by atoms with van der Waals surface area (Å²) in [7, 11) is 1.63. The van der Waals surface area contributed by atoms with Gasteiger partial charge in [-0.3, -0.25) is 19.4 Å². The van der Waals surface area contributed by atoms with E-state index in [1.54, 1.807) is 37.4 Å². The number of rotatable bonds is 13. The predicted molar refractivity (Wildman–Crippen MR) is 188 cm³/mol. The Labute approximate surface area is 294 Å². The monoisotopic (exact) mass is 703 g/mol. The van der Waals surface area contributed by atoms with Gasteiger partial charge >= 0.3 is 6.18 Å². The second-order valence-corrected chi connectivity index (χ2v) is 12.2. The molecular formula is C38H40F3N5O5. The average Bonchev–Trinajstić information content (AvgIpc) is 3.15. The molecule has 1 saturated heterocycles. The number of hydrogen-bond acceptors (Lipinski definition) is 7. The molecule has 268 valence electrons. The van der Waals surface area contributed by atoms with E-state index in [1.165, 1.54) is 35.4 Å². The lowest BCUT2D eigenvalue weighted by atomic mass is 10.0. The molecule has 13 heteroatoms. The van der Waals surface area contributed by atoms with Gasteiger partial charge in [0.05, 0.1) is 36.8 Å². The molecule has 1 aliphatic rings. The summed E-state index contributed by atoms with van der Waals surface area (Å²) >= 11 is 0. The fourth-order valence-electron chi connectivity index (χ4n) is 5.74. The number of benzene rings is 3. The summed E-state index contributed by atoms with van der Waals surface area (Å²) in [4.78, 5) is 48.1. The molecule has 10 nitrogen and oxygen atoms in total. The number of carbonyl (C=O) groups excluding carboxylic acids is 3. The van der Waals surface area contributed by atoms with E-state index in [0.29, 0.717) is 34.6 Å². The van der Waals surface area contributed by atoms with E-state index in [-0.39, 0.29) is 43.4 Å². The van der Waals surface area contributed by atoms with Gasteiger partial charge in [0.15, 0.2) is 0 Å². The average molecular weight is 704 g/mol. The first-order chi connectivity index (χ1) is 24.5. The molecule has 51 heavy (non-hydrogen) atoms. The van der Waals surface area contributed by atoms with Crippen LogP contribution in [-0.4, -0.2) is 79.2 Å². The quantitative estimate of drug-likeness (QED) is 0.146. The third-order valence-corrected chi connectivity index (χ3v) is 8.50. The third kappa shape index (κ3) is 9.92. The van der Waals surface area contributed by atoms with Crippen LogP contribution in [0.3, 0.4) is 0 Å². The highest BCUT2D eigenvalue weighted by atomic mass is 19.4. The maximum absolute atomic E-state index is 13.6. The van der Waals surface area contributed by atoms with Crippen LogP contribution < -0.4 is 15.5 Å². The molecule has 3 amide bonds. The van der Waals surface area contributed by atoms with Gasteiger partial charge in [-0.1, -0.05) is 18.2 Å². The Morgan fingerprint density at radius 1 is 0.882 bits per heavy atom. The number of likely N-dealkylation sites (N-methyl/N-ethyl adjacent to an activating group) is 1. The highest BCUT2D eigenvalue weighted by Gasteiger charge is 2.30. The SMILES string of the molecule is CN(CCOCCO)C(=O)c1cccc(C(=O)Nc2ccc(N3CCCCC3)cc2-c2cc(C(=O)NCc3cccc(C(F)(F)F)c3)ccn2)c1. The number of halogens is 3.